The summed E-state index contributed by atoms with van der Waals surface area (Å²) in [6.07, 6.45) is -4.71. The zero-order valence-electron chi connectivity index (χ0n) is 10.1. The zero-order valence-corrected chi connectivity index (χ0v) is 10.1. The van der Waals surface area contributed by atoms with E-state index < -0.39 is 22.9 Å². The number of hydrogen-bond acceptors (Lipinski definition) is 3. The summed E-state index contributed by atoms with van der Waals surface area (Å²) < 4.78 is 43.0. The van der Waals surface area contributed by atoms with Crippen molar-refractivity contribution >= 4 is 0 Å². The molecule has 1 rings (SSSR count). The van der Waals surface area contributed by atoms with Crippen LogP contribution >= 0.6 is 0 Å². The van der Waals surface area contributed by atoms with E-state index in [9.17, 15) is 18.3 Å². The maximum atomic E-state index is 12.7. The molecule has 0 aromatic heterocycles. The first-order valence-corrected chi connectivity index (χ1v) is 5.03. The van der Waals surface area contributed by atoms with Gasteiger partial charge in [-0.3, -0.25) is 0 Å². The lowest BCUT2D eigenvalue weighted by Crippen LogP contribution is -2.17. The highest BCUT2D eigenvalue weighted by Gasteiger charge is 2.38. The molecule has 0 aliphatic heterocycles. The molecule has 1 aromatic rings. The van der Waals surface area contributed by atoms with Crippen LogP contribution in [0, 0.1) is 11.3 Å². The van der Waals surface area contributed by atoms with Crippen molar-refractivity contribution < 1.29 is 23.0 Å². The first kappa shape index (κ1) is 14.2. The van der Waals surface area contributed by atoms with E-state index in [0.717, 1.165) is 0 Å². The van der Waals surface area contributed by atoms with Crippen molar-refractivity contribution in [2.45, 2.75) is 25.4 Å². The van der Waals surface area contributed by atoms with Gasteiger partial charge in [-0.15, -0.1) is 0 Å². The third-order valence-corrected chi connectivity index (χ3v) is 2.58. The van der Waals surface area contributed by atoms with E-state index >= 15 is 0 Å². The molecule has 0 atom stereocenters. The Balaban J connectivity index is 3.60. The minimum atomic E-state index is -4.71. The quantitative estimate of drug-likeness (QED) is 0.887. The van der Waals surface area contributed by atoms with Gasteiger partial charge in [0.2, 0.25) is 0 Å². The van der Waals surface area contributed by atoms with Crippen LogP contribution in [-0.2, 0) is 11.6 Å². The maximum Gasteiger partial charge on any atom is 0.420 e. The number of phenols is 1. The van der Waals surface area contributed by atoms with Gasteiger partial charge in [0.15, 0.2) is 0 Å². The molecule has 1 aromatic carbocycles. The Morgan fingerprint density at radius 2 is 1.72 bits per heavy atom. The molecule has 0 spiro atoms. The highest BCUT2D eigenvalue weighted by Crippen LogP contribution is 2.43. The topological polar surface area (TPSA) is 53.2 Å². The number of aromatic hydroxyl groups is 1. The summed E-state index contributed by atoms with van der Waals surface area (Å²) in [7, 11) is 1.22. The molecule has 0 aliphatic rings. The van der Waals surface area contributed by atoms with Crippen molar-refractivity contribution in [1.82, 2.24) is 0 Å². The van der Waals surface area contributed by atoms with Crippen molar-refractivity contribution in [3.05, 3.63) is 23.3 Å². The molecule has 1 N–H and O–H groups in total. The summed E-state index contributed by atoms with van der Waals surface area (Å²) in [6.45, 7) is 2.84. The molecule has 0 radical (unpaired) electrons. The molecule has 0 unspecified atom stereocenters. The Bertz CT molecular complexity index is 501. The molecular weight excluding hydrogens is 247 g/mol. The van der Waals surface area contributed by atoms with Crippen LogP contribution < -0.4 is 4.74 Å². The number of halogens is 3. The fraction of sp³-hybridized carbons (Fsp3) is 0.417. The summed E-state index contributed by atoms with van der Waals surface area (Å²) in [5, 5.41) is 18.6. The number of phenolic OH excluding ortho intramolecular Hbond substituents is 1. The lowest BCUT2D eigenvalue weighted by atomic mass is 9.84. The lowest BCUT2D eigenvalue weighted by molar-refractivity contribution is -0.138. The number of alkyl halides is 3. The summed E-state index contributed by atoms with van der Waals surface area (Å²) >= 11 is 0. The number of nitrogens with zero attached hydrogens (tertiary/aromatic N) is 1. The summed E-state index contributed by atoms with van der Waals surface area (Å²) in [6, 6.07) is 3.78. The van der Waals surface area contributed by atoms with Crippen LogP contribution in [0.15, 0.2) is 12.1 Å². The molecule has 0 aliphatic carbocycles. The number of benzene rings is 1. The second-order valence-electron chi connectivity index (χ2n) is 4.31. The first-order chi connectivity index (χ1) is 8.13. The van der Waals surface area contributed by atoms with E-state index in [1.165, 1.54) is 27.0 Å². The highest BCUT2D eigenvalue weighted by molar-refractivity contribution is 5.52. The monoisotopic (exact) mass is 259 g/mol. The predicted molar refractivity (Wildman–Crippen MR) is 58.3 cm³/mol. The van der Waals surface area contributed by atoms with E-state index in [-0.39, 0.29) is 11.3 Å². The van der Waals surface area contributed by atoms with Crippen LogP contribution in [0.5, 0.6) is 11.5 Å². The van der Waals surface area contributed by atoms with Crippen LogP contribution in [0.1, 0.15) is 25.0 Å². The van der Waals surface area contributed by atoms with Crippen LogP contribution in [0.3, 0.4) is 0 Å². The largest absolute Gasteiger partial charge is 0.507 e. The molecule has 0 bridgehead atoms. The van der Waals surface area contributed by atoms with Crippen molar-refractivity contribution in [2.24, 2.45) is 0 Å². The molecule has 0 heterocycles. The van der Waals surface area contributed by atoms with Gasteiger partial charge in [0.05, 0.1) is 18.6 Å². The van der Waals surface area contributed by atoms with Gasteiger partial charge in [-0.05, 0) is 26.0 Å². The lowest BCUT2D eigenvalue weighted by Gasteiger charge is -2.21. The molecule has 0 saturated heterocycles. The summed E-state index contributed by atoms with van der Waals surface area (Å²) in [4.78, 5) is 0. The first-order valence-electron chi connectivity index (χ1n) is 5.03. The number of ether oxygens (including phenoxy) is 1. The van der Waals surface area contributed by atoms with Gasteiger partial charge in [-0.2, -0.15) is 18.4 Å². The molecule has 3 nitrogen and oxygen atoms in total. The van der Waals surface area contributed by atoms with Gasteiger partial charge in [0.1, 0.15) is 17.1 Å². The molecule has 6 heteroatoms. The number of rotatable bonds is 2. The van der Waals surface area contributed by atoms with Crippen LogP contribution in [0.4, 0.5) is 13.2 Å². The SMILES string of the molecule is COc1cc(C(F)(F)F)c(O)c(C(C)(C)C#N)c1. The number of methoxy groups -OCH3 is 1. The standard InChI is InChI=1S/C12H12F3NO2/c1-11(2,6-16)8-4-7(18-3)5-9(10(8)17)12(13,14)15/h4-5,17H,1-3H3. The van der Waals surface area contributed by atoms with Crippen LogP contribution in [-0.4, -0.2) is 12.2 Å². The minimum absolute atomic E-state index is 0.0570. The fourth-order valence-corrected chi connectivity index (χ4v) is 1.48. The van der Waals surface area contributed by atoms with E-state index in [2.05, 4.69) is 0 Å². The van der Waals surface area contributed by atoms with Crippen LogP contribution in [0.25, 0.3) is 0 Å². The third kappa shape index (κ3) is 2.50. The molecular formula is C12H12F3NO2. The summed E-state index contributed by atoms with van der Waals surface area (Å²) in [5.74, 6) is -0.992. The van der Waals surface area contributed by atoms with Gasteiger partial charge in [0.25, 0.3) is 0 Å². The van der Waals surface area contributed by atoms with Gasteiger partial charge < -0.3 is 9.84 Å². The van der Waals surface area contributed by atoms with E-state index in [1.807, 2.05) is 6.07 Å². The van der Waals surface area contributed by atoms with Crippen molar-refractivity contribution in [2.75, 3.05) is 7.11 Å². The van der Waals surface area contributed by atoms with Crippen molar-refractivity contribution in [1.29, 1.82) is 5.26 Å². The normalized spacial score (nSPS) is 12.1. The molecule has 0 fully saturated rings. The third-order valence-electron chi connectivity index (χ3n) is 2.58. The molecule has 0 saturated carbocycles. The second-order valence-corrected chi connectivity index (χ2v) is 4.31. The average Bonchev–Trinajstić information content (AvgIpc) is 2.27. The molecule has 18 heavy (non-hydrogen) atoms. The Morgan fingerprint density at radius 3 is 2.11 bits per heavy atom. The molecule has 0 amide bonds. The predicted octanol–water partition coefficient (Wildman–Crippen LogP) is 3.22. The smallest absolute Gasteiger partial charge is 0.420 e. The fourth-order valence-electron chi connectivity index (χ4n) is 1.48. The number of nitriles is 1. The van der Waals surface area contributed by atoms with E-state index in [0.29, 0.717) is 6.07 Å². The minimum Gasteiger partial charge on any atom is -0.507 e. The highest BCUT2D eigenvalue weighted by atomic mass is 19.4. The summed E-state index contributed by atoms with van der Waals surface area (Å²) in [5.41, 5.74) is -2.57. The Hall–Kier alpha value is -1.90. The Labute approximate surface area is 102 Å². The van der Waals surface area contributed by atoms with Crippen molar-refractivity contribution in [3.63, 3.8) is 0 Å². The van der Waals surface area contributed by atoms with Gasteiger partial charge >= 0.3 is 6.18 Å². The van der Waals surface area contributed by atoms with Gasteiger partial charge in [-0.1, -0.05) is 0 Å². The van der Waals surface area contributed by atoms with Crippen molar-refractivity contribution in [3.8, 4) is 17.6 Å². The van der Waals surface area contributed by atoms with E-state index in [1.54, 1.807) is 0 Å². The second kappa shape index (κ2) is 4.41. The Kier molecular flexibility index (Phi) is 3.47. The van der Waals surface area contributed by atoms with Crippen LogP contribution in [0.2, 0.25) is 0 Å². The van der Waals surface area contributed by atoms with Gasteiger partial charge in [-0.25, -0.2) is 0 Å². The zero-order chi connectivity index (χ0) is 14.1. The van der Waals surface area contributed by atoms with Gasteiger partial charge in [0, 0.05) is 5.56 Å². The average molecular weight is 259 g/mol. The van der Waals surface area contributed by atoms with E-state index in [4.69, 9.17) is 10.00 Å². The maximum absolute atomic E-state index is 12.7. The Morgan fingerprint density at radius 1 is 1.22 bits per heavy atom. The molecule has 98 valence electrons. The number of hydrogen-bond donors (Lipinski definition) is 1.